The summed E-state index contributed by atoms with van der Waals surface area (Å²) in [5, 5.41) is 4.56. The molecule has 2 N–H and O–H groups in total. The molecule has 3 heterocycles. The summed E-state index contributed by atoms with van der Waals surface area (Å²) in [6.45, 7) is 1.53. The number of benzene rings is 1. The molecule has 0 unspecified atom stereocenters. The molecule has 0 bridgehead atoms. The molecule has 0 aliphatic carbocycles. The zero-order chi connectivity index (χ0) is 17.9. The van der Waals surface area contributed by atoms with Gasteiger partial charge in [0, 0.05) is 34.9 Å². The van der Waals surface area contributed by atoms with E-state index in [9.17, 15) is 0 Å². The fraction of sp³-hybridized carbons (Fsp3) is 0.150. The number of H-pyrrole nitrogens is 1. The van der Waals surface area contributed by atoms with Gasteiger partial charge in [-0.3, -0.25) is 0 Å². The van der Waals surface area contributed by atoms with E-state index >= 15 is 0 Å². The van der Waals surface area contributed by atoms with Gasteiger partial charge in [0.05, 0.1) is 17.3 Å². The first-order valence-electron chi connectivity index (χ1n) is 8.47. The number of hydrazine groups is 1. The van der Waals surface area contributed by atoms with E-state index in [1.807, 2.05) is 30.5 Å². The monoisotopic (exact) mass is 384 g/mol. The summed E-state index contributed by atoms with van der Waals surface area (Å²) in [6, 6.07) is 9.94. The van der Waals surface area contributed by atoms with Crippen molar-refractivity contribution >= 4 is 39.9 Å². The minimum Gasteiger partial charge on any atom is -0.346 e. The van der Waals surface area contributed by atoms with Crippen LogP contribution in [-0.4, -0.2) is 28.1 Å². The molecule has 4 rings (SSSR count). The van der Waals surface area contributed by atoms with E-state index in [-0.39, 0.29) is 0 Å². The number of aromatic amines is 1. The van der Waals surface area contributed by atoms with Crippen LogP contribution < -0.4 is 5.43 Å². The van der Waals surface area contributed by atoms with E-state index in [2.05, 4.69) is 44.7 Å². The number of rotatable bonds is 5. The van der Waals surface area contributed by atoms with Gasteiger partial charge in [-0.2, -0.15) is 0 Å². The number of halogens is 2. The number of fused-ring (bicyclic) bond motifs is 1. The van der Waals surface area contributed by atoms with Crippen molar-refractivity contribution in [2.45, 2.75) is 6.42 Å². The minimum atomic E-state index is 0.636. The first-order chi connectivity index (χ1) is 12.7. The van der Waals surface area contributed by atoms with Crippen molar-refractivity contribution in [3.63, 3.8) is 0 Å². The van der Waals surface area contributed by atoms with Crippen LogP contribution in [0.5, 0.6) is 0 Å². The van der Waals surface area contributed by atoms with Crippen molar-refractivity contribution in [1.29, 1.82) is 0 Å². The standard InChI is InChI=1S/C20H18Cl2N4/c21-16-6-2-1-5-14(16)8-11-25-26-12-4-3-7-18(26)19-15-9-10-23-20(15)24-13-17(19)22/h1-7,9-10,13,25H,8,11-12H2,(H,23,24). The lowest BCUT2D eigenvalue weighted by Gasteiger charge is -2.30. The number of nitrogens with zero attached hydrogens (tertiary/aromatic N) is 2. The molecule has 1 aromatic carbocycles. The van der Waals surface area contributed by atoms with Crippen LogP contribution in [0.25, 0.3) is 16.7 Å². The Morgan fingerprint density at radius 3 is 2.92 bits per heavy atom. The van der Waals surface area contributed by atoms with Gasteiger partial charge in [-0.15, -0.1) is 0 Å². The molecule has 0 saturated carbocycles. The quantitative estimate of drug-likeness (QED) is 0.661. The van der Waals surface area contributed by atoms with Crippen molar-refractivity contribution in [3.05, 3.63) is 82.1 Å². The van der Waals surface area contributed by atoms with Crippen LogP contribution in [0.3, 0.4) is 0 Å². The number of hydrogen-bond donors (Lipinski definition) is 2. The number of hydrogen-bond acceptors (Lipinski definition) is 3. The van der Waals surface area contributed by atoms with Crippen LogP contribution >= 0.6 is 23.2 Å². The number of pyridine rings is 1. The van der Waals surface area contributed by atoms with Gasteiger partial charge >= 0.3 is 0 Å². The molecule has 0 saturated heterocycles. The molecular formula is C20H18Cl2N4. The molecule has 0 atom stereocenters. The second-order valence-electron chi connectivity index (χ2n) is 6.06. The topological polar surface area (TPSA) is 44.0 Å². The van der Waals surface area contributed by atoms with Gasteiger partial charge in [-0.1, -0.05) is 53.6 Å². The SMILES string of the molecule is Clc1ccccc1CCNN1CC=CC=C1c1c(Cl)cnc2[nH]ccc12. The largest absolute Gasteiger partial charge is 0.346 e. The lowest BCUT2D eigenvalue weighted by molar-refractivity contribution is 0.317. The average molecular weight is 385 g/mol. The van der Waals surface area contributed by atoms with Crippen molar-refractivity contribution in [3.8, 4) is 0 Å². The second kappa shape index (κ2) is 7.54. The second-order valence-corrected chi connectivity index (χ2v) is 6.88. The molecule has 4 nitrogen and oxygen atoms in total. The predicted octanol–water partition coefficient (Wildman–Crippen LogP) is 4.83. The third kappa shape index (κ3) is 3.36. The van der Waals surface area contributed by atoms with Gasteiger partial charge in [-0.05, 0) is 30.2 Å². The first-order valence-corrected chi connectivity index (χ1v) is 9.23. The van der Waals surface area contributed by atoms with E-state index in [1.165, 1.54) is 0 Å². The number of allylic oxidation sites excluding steroid dienone is 2. The fourth-order valence-electron chi connectivity index (χ4n) is 3.15. The molecule has 3 aromatic rings. The van der Waals surface area contributed by atoms with Gasteiger partial charge < -0.3 is 9.99 Å². The molecule has 1 aliphatic heterocycles. The molecule has 0 spiro atoms. The Labute approximate surface area is 162 Å². The van der Waals surface area contributed by atoms with E-state index in [4.69, 9.17) is 23.2 Å². The van der Waals surface area contributed by atoms with Crippen LogP contribution in [0.2, 0.25) is 10.0 Å². The summed E-state index contributed by atoms with van der Waals surface area (Å²) < 4.78 is 0. The Kier molecular flexibility index (Phi) is 4.98. The lowest BCUT2D eigenvalue weighted by Crippen LogP contribution is -2.39. The van der Waals surface area contributed by atoms with Crippen LogP contribution in [0.1, 0.15) is 11.1 Å². The highest BCUT2D eigenvalue weighted by atomic mass is 35.5. The van der Waals surface area contributed by atoms with Gasteiger partial charge in [0.15, 0.2) is 0 Å². The van der Waals surface area contributed by atoms with Gasteiger partial charge in [0.2, 0.25) is 0 Å². The van der Waals surface area contributed by atoms with Crippen molar-refractivity contribution in [2.75, 3.05) is 13.1 Å². The Hall–Kier alpha value is -2.27. The zero-order valence-electron chi connectivity index (χ0n) is 14.0. The normalized spacial score (nSPS) is 14.1. The number of nitrogens with one attached hydrogen (secondary N) is 2. The maximum atomic E-state index is 6.50. The van der Waals surface area contributed by atoms with Gasteiger partial charge in [0.1, 0.15) is 5.65 Å². The molecule has 0 fully saturated rings. The fourth-order valence-corrected chi connectivity index (χ4v) is 3.63. The van der Waals surface area contributed by atoms with E-state index < -0.39 is 0 Å². The Balaban J connectivity index is 1.56. The van der Waals surface area contributed by atoms with Crippen LogP contribution in [0.4, 0.5) is 0 Å². The molecule has 132 valence electrons. The van der Waals surface area contributed by atoms with Crippen LogP contribution in [-0.2, 0) is 6.42 Å². The molecule has 1 aliphatic rings. The Morgan fingerprint density at radius 2 is 2.04 bits per heavy atom. The summed E-state index contributed by atoms with van der Waals surface area (Å²) >= 11 is 12.7. The Bertz CT molecular complexity index is 990. The summed E-state index contributed by atoms with van der Waals surface area (Å²) in [6.07, 6.45) is 10.6. The molecule has 26 heavy (non-hydrogen) atoms. The summed E-state index contributed by atoms with van der Waals surface area (Å²) in [4.78, 5) is 7.49. The predicted molar refractivity (Wildman–Crippen MR) is 108 cm³/mol. The average Bonchev–Trinajstić information content (AvgIpc) is 3.13. The minimum absolute atomic E-state index is 0.636. The van der Waals surface area contributed by atoms with Crippen LogP contribution in [0.15, 0.2) is 61.0 Å². The first kappa shape index (κ1) is 17.2. The highest BCUT2D eigenvalue weighted by Gasteiger charge is 2.19. The molecule has 0 radical (unpaired) electrons. The van der Waals surface area contributed by atoms with Gasteiger partial charge in [-0.25, -0.2) is 10.4 Å². The molecular weight excluding hydrogens is 367 g/mol. The smallest absolute Gasteiger partial charge is 0.138 e. The molecule has 0 amide bonds. The van der Waals surface area contributed by atoms with Crippen molar-refractivity contribution < 1.29 is 0 Å². The third-order valence-electron chi connectivity index (χ3n) is 4.42. The van der Waals surface area contributed by atoms with Crippen LogP contribution in [0, 0.1) is 0 Å². The van der Waals surface area contributed by atoms with E-state index in [0.717, 1.165) is 52.4 Å². The maximum absolute atomic E-state index is 6.50. The molecule has 2 aromatic heterocycles. The van der Waals surface area contributed by atoms with E-state index in [0.29, 0.717) is 5.02 Å². The number of aromatic nitrogens is 2. The third-order valence-corrected chi connectivity index (χ3v) is 5.08. The summed E-state index contributed by atoms with van der Waals surface area (Å²) in [5.74, 6) is 0. The van der Waals surface area contributed by atoms with E-state index in [1.54, 1.807) is 6.20 Å². The lowest BCUT2D eigenvalue weighted by atomic mass is 10.1. The summed E-state index contributed by atoms with van der Waals surface area (Å²) in [5.41, 5.74) is 7.47. The Morgan fingerprint density at radius 1 is 1.15 bits per heavy atom. The molecule has 6 heteroatoms. The highest BCUT2D eigenvalue weighted by Crippen LogP contribution is 2.32. The zero-order valence-corrected chi connectivity index (χ0v) is 15.6. The maximum Gasteiger partial charge on any atom is 0.138 e. The highest BCUT2D eigenvalue weighted by molar-refractivity contribution is 6.33. The summed E-state index contributed by atoms with van der Waals surface area (Å²) in [7, 11) is 0. The van der Waals surface area contributed by atoms with Crippen molar-refractivity contribution in [2.24, 2.45) is 0 Å². The van der Waals surface area contributed by atoms with Crippen molar-refractivity contribution in [1.82, 2.24) is 20.4 Å². The van der Waals surface area contributed by atoms with Gasteiger partial charge in [0.25, 0.3) is 0 Å².